The van der Waals surface area contributed by atoms with Crippen molar-refractivity contribution in [2.75, 3.05) is 24.6 Å². The average molecular weight is 253 g/mol. The van der Waals surface area contributed by atoms with Gasteiger partial charge in [-0.15, -0.1) is 0 Å². The van der Waals surface area contributed by atoms with Crippen LogP contribution in [0.3, 0.4) is 0 Å². The van der Waals surface area contributed by atoms with Crippen LogP contribution in [0.5, 0.6) is 0 Å². The number of nitrogens with zero attached hydrogens (tertiary/aromatic N) is 3. The first-order chi connectivity index (χ1) is 8.09. The fourth-order valence-corrected chi connectivity index (χ4v) is 3.05. The van der Waals surface area contributed by atoms with E-state index < -0.39 is 0 Å². The first-order valence-corrected chi connectivity index (χ1v) is 7.09. The van der Waals surface area contributed by atoms with Gasteiger partial charge in [0.15, 0.2) is 0 Å². The van der Waals surface area contributed by atoms with Crippen LogP contribution < -0.4 is 0 Å². The highest BCUT2D eigenvalue weighted by Gasteiger charge is 2.20. The Labute approximate surface area is 106 Å². The fourth-order valence-electron chi connectivity index (χ4n) is 2.15. The van der Waals surface area contributed by atoms with Crippen LogP contribution in [0.15, 0.2) is 0 Å². The molecular weight excluding hydrogens is 234 g/mol. The third kappa shape index (κ3) is 2.65. The molecule has 1 aromatic heterocycles. The number of rotatable bonds is 2. The molecule has 1 fully saturated rings. The number of aromatic nitrogens is 2. The van der Waals surface area contributed by atoms with Crippen molar-refractivity contribution in [1.29, 1.82) is 0 Å². The summed E-state index contributed by atoms with van der Waals surface area (Å²) in [7, 11) is 1.92. The summed E-state index contributed by atoms with van der Waals surface area (Å²) in [6.45, 7) is 5.78. The third-order valence-electron chi connectivity index (χ3n) is 3.35. The van der Waals surface area contributed by atoms with Crippen LogP contribution in [0.4, 0.5) is 0 Å². The molecule has 0 aliphatic carbocycles. The van der Waals surface area contributed by atoms with Crippen molar-refractivity contribution in [3.8, 4) is 0 Å². The van der Waals surface area contributed by atoms with Crippen LogP contribution in [-0.2, 0) is 18.3 Å². The maximum atomic E-state index is 12.2. The van der Waals surface area contributed by atoms with Gasteiger partial charge in [0, 0.05) is 42.9 Å². The maximum Gasteiger partial charge on any atom is 0.227 e. The van der Waals surface area contributed by atoms with E-state index in [-0.39, 0.29) is 5.91 Å². The first kappa shape index (κ1) is 12.5. The number of carbonyl (C=O) groups is 1. The molecule has 2 heterocycles. The highest BCUT2D eigenvalue weighted by molar-refractivity contribution is 7.99. The number of aryl methyl sites for hydroxylation is 2. The minimum absolute atomic E-state index is 0.240. The van der Waals surface area contributed by atoms with Crippen molar-refractivity contribution < 1.29 is 4.79 Å². The molecule has 0 spiro atoms. The van der Waals surface area contributed by atoms with Gasteiger partial charge >= 0.3 is 0 Å². The van der Waals surface area contributed by atoms with E-state index in [4.69, 9.17) is 0 Å². The molecule has 0 aromatic carbocycles. The Kier molecular flexibility index (Phi) is 3.76. The van der Waals surface area contributed by atoms with Crippen molar-refractivity contribution in [2.45, 2.75) is 20.3 Å². The maximum absolute atomic E-state index is 12.2. The Bertz CT molecular complexity index is 422. The highest BCUT2D eigenvalue weighted by Crippen LogP contribution is 2.15. The van der Waals surface area contributed by atoms with Gasteiger partial charge in [0.1, 0.15) is 0 Å². The standard InChI is InChI=1S/C12H19N3OS/c1-9-11(10(2)14(3)13-9)8-12(16)15-4-6-17-7-5-15/h4-8H2,1-3H3. The van der Waals surface area contributed by atoms with E-state index in [0.717, 1.165) is 41.5 Å². The molecule has 5 heteroatoms. The Morgan fingerprint density at radius 2 is 2.00 bits per heavy atom. The molecule has 1 aliphatic rings. The van der Waals surface area contributed by atoms with E-state index in [1.54, 1.807) is 0 Å². The summed E-state index contributed by atoms with van der Waals surface area (Å²) >= 11 is 1.92. The zero-order valence-corrected chi connectivity index (χ0v) is 11.5. The topological polar surface area (TPSA) is 38.1 Å². The van der Waals surface area contributed by atoms with Crippen LogP contribution in [0.25, 0.3) is 0 Å². The fraction of sp³-hybridized carbons (Fsp3) is 0.667. The zero-order chi connectivity index (χ0) is 12.4. The van der Waals surface area contributed by atoms with E-state index in [2.05, 4.69) is 5.10 Å². The van der Waals surface area contributed by atoms with E-state index in [9.17, 15) is 4.79 Å². The summed E-state index contributed by atoms with van der Waals surface area (Å²) in [5.41, 5.74) is 3.17. The van der Waals surface area contributed by atoms with Gasteiger partial charge in [0.25, 0.3) is 0 Å². The largest absolute Gasteiger partial charge is 0.341 e. The Morgan fingerprint density at radius 1 is 1.35 bits per heavy atom. The van der Waals surface area contributed by atoms with E-state index >= 15 is 0 Å². The minimum atomic E-state index is 0.240. The van der Waals surface area contributed by atoms with Gasteiger partial charge in [-0.3, -0.25) is 9.48 Å². The molecule has 1 aromatic rings. The first-order valence-electron chi connectivity index (χ1n) is 5.94. The molecule has 1 saturated heterocycles. The second-order valence-electron chi connectivity index (χ2n) is 4.44. The van der Waals surface area contributed by atoms with Gasteiger partial charge in [-0.25, -0.2) is 0 Å². The van der Waals surface area contributed by atoms with Crippen LogP contribution >= 0.6 is 11.8 Å². The zero-order valence-electron chi connectivity index (χ0n) is 10.7. The lowest BCUT2D eigenvalue weighted by molar-refractivity contribution is -0.130. The monoisotopic (exact) mass is 253 g/mol. The van der Waals surface area contributed by atoms with Crippen molar-refractivity contribution in [1.82, 2.24) is 14.7 Å². The number of hydrogen-bond donors (Lipinski definition) is 0. The molecule has 0 atom stereocenters. The van der Waals surface area contributed by atoms with Crippen molar-refractivity contribution in [3.05, 3.63) is 17.0 Å². The highest BCUT2D eigenvalue weighted by atomic mass is 32.2. The molecular formula is C12H19N3OS. The lowest BCUT2D eigenvalue weighted by Gasteiger charge is -2.26. The smallest absolute Gasteiger partial charge is 0.227 e. The third-order valence-corrected chi connectivity index (χ3v) is 4.29. The molecule has 0 N–H and O–H groups in total. The van der Waals surface area contributed by atoms with Crippen LogP contribution in [0, 0.1) is 13.8 Å². The SMILES string of the molecule is Cc1nn(C)c(C)c1CC(=O)N1CCSCC1. The summed E-state index contributed by atoms with van der Waals surface area (Å²) in [5.74, 6) is 2.37. The quantitative estimate of drug-likeness (QED) is 0.793. The molecule has 94 valence electrons. The molecule has 1 aliphatic heterocycles. The van der Waals surface area contributed by atoms with Crippen molar-refractivity contribution in [3.63, 3.8) is 0 Å². The average Bonchev–Trinajstić information content (AvgIpc) is 2.57. The Hall–Kier alpha value is -0.970. The molecule has 1 amide bonds. The van der Waals surface area contributed by atoms with Gasteiger partial charge in [-0.05, 0) is 13.8 Å². The van der Waals surface area contributed by atoms with Gasteiger partial charge < -0.3 is 4.90 Å². The van der Waals surface area contributed by atoms with Crippen molar-refractivity contribution >= 4 is 17.7 Å². The van der Waals surface area contributed by atoms with E-state index in [1.807, 2.05) is 42.2 Å². The van der Waals surface area contributed by atoms with Gasteiger partial charge in [0.2, 0.25) is 5.91 Å². The second kappa shape index (κ2) is 5.12. The summed E-state index contributed by atoms with van der Waals surface area (Å²) in [4.78, 5) is 14.1. The number of thioether (sulfide) groups is 1. The molecule has 4 nitrogen and oxygen atoms in total. The van der Waals surface area contributed by atoms with Crippen LogP contribution in [-0.4, -0.2) is 45.2 Å². The Balaban J connectivity index is 2.07. The number of amides is 1. The van der Waals surface area contributed by atoms with Gasteiger partial charge in [-0.1, -0.05) is 0 Å². The molecule has 2 rings (SSSR count). The van der Waals surface area contributed by atoms with Gasteiger partial charge in [-0.2, -0.15) is 16.9 Å². The van der Waals surface area contributed by atoms with Crippen molar-refractivity contribution in [2.24, 2.45) is 7.05 Å². The molecule has 17 heavy (non-hydrogen) atoms. The number of hydrogen-bond acceptors (Lipinski definition) is 3. The van der Waals surface area contributed by atoms with E-state index in [0.29, 0.717) is 6.42 Å². The summed E-state index contributed by atoms with van der Waals surface area (Å²) in [6.07, 6.45) is 0.496. The van der Waals surface area contributed by atoms with Crippen LogP contribution in [0.1, 0.15) is 17.0 Å². The molecule has 0 bridgehead atoms. The molecule has 0 radical (unpaired) electrons. The number of carbonyl (C=O) groups excluding carboxylic acids is 1. The lowest BCUT2D eigenvalue weighted by Crippen LogP contribution is -2.38. The summed E-state index contributed by atoms with van der Waals surface area (Å²) in [5, 5.41) is 4.35. The second-order valence-corrected chi connectivity index (χ2v) is 5.67. The minimum Gasteiger partial charge on any atom is -0.341 e. The lowest BCUT2D eigenvalue weighted by atomic mass is 10.1. The molecule has 0 unspecified atom stereocenters. The summed E-state index contributed by atoms with van der Waals surface area (Å²) < 4.78 is 1.85. The Morgan fingerprint density at radius 3 is 2.53 bits per heavy atom. The van der Waals surface area contributed by atoms with E-state index in [1.165, 1.54) is 0 Å². The van der Waals surface area contributed by atoms with Crippen LogP contribution in [0.2, 0.25) is 0 Å². The molecule has 0 saturated carbocycles. The predicted octanol–water partition coefficient (Wildman–Crippen LogP) is 1.15. The normalized spacial score (nSPS) is 16.3. The summed E-state index contributed by atoms with van der Waals surface area (Å²) in [6, 6.07) is 0. The van der Waals surface area contributed by atoms with Gasteiger partial charge in [0.05, 0.1) is 12.1 Å². The predicted molar refractivity (Wildman–Crippen MR) is 70.3 cm³/mol.